The summed E-state index contributed by atoms with van der Waals surface area (Å²) in [7, 11) is 4.07. The second-order valence-corrected chi connectivity index (χ2v) is 5.72. The summed E-state index contributed by atoms with van der Waals surface area (Å²) in [6.07, 6.45) is 0. The van der Waals surface area contributed by atoms with E-state index in [4.69, 9.17) is 4.74 Å². The van der Waals surface area contributed by atoms with E-state index >= 15 is 0 Å². The molecule has 1 N–H and O–H groups in total. The first-order chi connectivity index (χ1) is 11.7. The van der Waals surface area contributed by atoms with Gasteiger partial charge in [-0.15, -0.1) is 0 Å². The fourth-order valence-corrected chi connectivity index (χ4v) is 2.47. The molecule has 1 aromatic heterocycles. The predicted octanol–water partition coefficient (Wildman–Crippen LogP) is 3.51. The van der Waals surface area contributed by atoms with Crippen molar-refractivity contribution >= 4 is 0 Å². The summed E-state index contributed by atoms with van der Waals surface area (Å²) in [5.74, 6) is 1.79. The van der Waals surface area contributed by atoms with Crippen LogP contribution < -0.4 is 4.74 Å². The summed E-state index contributed by atoms with van der Waals surface area (Å²) in [5.41, 5.74) is 3.04. The number of hydrogen-bond donors (Lipinski definition) is 1. The van der Waals surface area contributed by atoms with Gasteiger partial charge < -0.3 is 9.64 Å². The number of ether oxygens (including phenoxy) is 1. The van der Waals surface area contributed by atoms with Gasteiger partial charge in [0.15, 0.2) is 11.6 Å². The number of H-pyrrole nitrogens is 1. The Bertz CT molecular complexity index is 799. The van der Waals surface area contributed by atoms with Crippen LogP contribution in [0.1, 0.15) is 5.56 Å². The summed E-state index contributed by atoms with van der Waals surface area (Å²) in [4.78, 5) is 6.67. The van der Waals surface area contributed by atoms with Crippen molar-refractivity contribution in [2.45, 2.75) is 6.54 Å². The van der Waals surface area contributed by atoms with E-state index in [1.165, 1.54) is 5.56 Å². The second-order valence-electron chi connectivity index (χ2n) is 5.72. The van der Waals surface area contributed by atoms with E-state index in [2.05, 4.69) is 32.2 Å². The summed E-state index contributed by atoms with van der Waals surface area (Å²) in [6.45, 7) is 0.0241. The lowest BCUT2D eigenvalue weighted by atomic mass is 10.1. The zero-order valence-electron chi connectivity index (χ0n) is 13.7. The lowest BCUT2D eigenvalue weighted by molar-refractivity contribution is 0.192. The van der Waals surface area contributed by atoms with Gasteiger partial charge in [0.05, 0.1) is 0 Å². The van der Waals surface area contributed by atoms with Crippen molar-refractivity contribution in [1.29, 1.82) is 0 Å². The van der Waals surface area contributed by atoms with Crippen molar-refractivity contribution < 1.29 is 9.13 Å². The Kier molecular flexibility index (Phi) is 4.86. The molecule has 0 atom stereocenters. The molecule has 0 bridgehead atoms. The molecule has 124 valence electrons. The maximum Gasteiger partial charge on any atom is 0.228 e. The van der Waals surface area contributed by atoms with Gasteiger partial charge in [-0.2, -0.15) is 5.10 Å². The van der Waals surface area contributed by atoms with Crippen LogP contribution in [0.15, 0.2) is 48.5 Å². The van der Waals surface area contributed by atoms with Gasteiger partial charge in [0.1, 0.15) is 5.75 Å². The summed E-state index contributed by atoms with van der Waals surface area (Å²) in [5, 5.41) is 7.25. The normalized spacial score (nSPS) is 11.0. The van der Waals surface area contributed by atoms with E-state index in [1.54, 1.807) is 12.1 Å². The van der Waals surface area contributed by atoms with Crippen molar-refractivity contribution in [2.24, 2.45) is 0 Å². The number of alkyl halides is 1. The first-order valence-electron chi connectivity index (χ1n) is 7.61. The average molecular weight is 326 g/mol. The Balaban J connectivity index is 1.82. The summed E-state index contributed by atoms with van der Waals surface area (Å²) < 4.78 is 17.0. The fraction of sp³-hybridized carbons (Fsp3) is 0.222. The van der Waals surface area contributed by atoms with Gasteiger partial charge in [0, 0.05) is 17.7 Å². The molecule has 5 nitrogen and oxygen atoms in total. The van der Waals surface area contributed by atoms with Gasteiger partial charge in [-0.3, -0.25) is 5.10 Å². The standard InChI is InChI=1S/C18H19FN4O/c1-23(2)11-13-4-3-5-15(10-13)18-20-17(21-22-18)14-6-8-16(9-7-14)24-12-19/h3-10H,11-12H2,1-2H3,(H,20,21,22). The van der Waals surface area contributed by atoms with Crippen molar-refractivity contribution in [3.05, 3.63) is 54.1 Å². The Morgan fingerprint density at radius 2 is 1.88 bits per heavy atom. The zero-order valence-corrected chi connectivity index (χ0v) is 13.7. The minimum atomic E-state index is -0.838. The van der Waals surface area contributed by atoms with Crippen LogP contribution in [0.2, 0.25) is 0 Å². The maximum absolute atomic E-state index is 12.2. The van der Waals surface area contributed by atoms with Crippen LogP contribution in [0.4, 0.5) is 4.39 Å². The highest BCUT2D eigenvalue weighted by molar-refractivity contribution is 5.62. The lowest BCUT2D eigenvalue weighted by Crippen LogP contribution is -2.10. The molecule has 3 aromatic rings. The first kappa shape index (κ1) is 16.1. The van der Waals surface area contributed by atoms with E-state index in [1.807, 2.05) is 38.4 Å². The molecule has 2 aromatic carbocycles. The Hall–Kier alpha value is -2.73. The number of halogens is 1. The van der Waals surface area contributed by atoms with Gasteiger partial charge >= 0.3 is 0 Å². The number of rotatable bonds is 6. The van der Waals surface area contributed by atoms with Crippen molar-refractivity contribution in [2.75, 3.05) is 21.0 Å². The van der Waals surface area contributed by atoms with Crippen molar-refractivity contribution in [3.63, 3.8) is 0 Å². The van der Waals surface area contributed by atoms with Gasteiger partial charge in [-0.1, -0.05) is 18.2 Å². The smallest absolute Gasteiger partial charge is 0.228 e. The molecule has 0 spiro atoms. The zero-order chi connectivity index (χ0) is 16.9. The highest BCUT2D eigenvalue weighted by Crippen LogP contribution is 2.23. The Labute approximate surface area is 140 Å². The van der Waals surface area contributed by atoms with Gasteiger partial charge in [0.2, 0.25) is 6.86 Å². The van der Waals surface area contributed by atoms with Crippen molar-refractivity contribution in [1.82, 2.24) is 20.1 Å². The maximum atomic E-state index is 12.2. The highest BCUT2D eigenvalue weighted by atomic mass is 19.1. The van der Waals surface area contributed by atoms with Crippen LogP contribution in [0.3, 0.4) is 0 Å². The minimum Gasteiger partial charge on any atom is -0.463 e. The molecule has 0 saturated heterocycles. The molecule has 0 radical (unpaired) electrons. The molecule has 0 aliphatic heterocycles. The number of benzene rings is 2. The second kappa shape index (κ2) is 7.23. The van der Waals surface area contributed by atoms with E-state index in [9.17, 15) is 4.39 Å². The molecule has 0 fully saturated rings. The van der Waals surface area contributed by atoms with Gasteiger partial charge in [0.25, 0.3) is 0 Å². The van der Waals surface area contributed by atoms with Gasteiger partial charge in [-0.25, -0.2) is 9.37 Å². The van der Waals surface area contributed by atoms with Crippen LogP contribution in [0.25, 0.3) is 22.8 Å². The average Bonchev–Trinajstić information content (AvgIpc) is 3.05. The molecule has 0 aliphatic carbocycles. The largest absolute Gasteiger partial charge is 0.463 e. The number of aromatic amines is 1. The van der Waals surface area contributed by atoms with E-state index in [-0.39, 0.29) is 0 Å². The molecule has 6 heteroatoms. The number of hydrogen-bond acceptors (Lipinski definition) is 4. The third kappa shape index (κ3) is 3.78. The number of nitrogens with one attached hydrogen (secondary N) is 1. The molecular formula is C18H19FN4O. The molecule has 0 amide bonds. The molecule has 0 unspecified atom stereocenters. The number of aromatic nitrogens is 3. The topological polar surface area (TPSA) is 54.0 Å². The predicted molar refractivity (Wildman–Crippen MR) is 91.2 cm³/mol. The molecule has 0 saturated carbocycles. The van der Waals surface area contributed by atoms with Crippen LogP contribution in [-0.2, 0) is 6.54 Å². The van der Waals surface area contributed by atoms with Gasteiger partial charge in [-0.05, 0) is 50.0 Å². The van der Waals surface area contributed by atoms with Crippen molar-refractivity contribution in [3.8, 4) is 28.5 Å². The third-order valence-corrected chi connectivity index (χ3v) is 3.52. The Morgan fingerprint density at radius 3 is 2.58 bits per heavy atom. The van der Waals surface area contributed by atoms with Crippen LogP contribution >= 0.6 is 0 Å². The van der Waals surface area contributed by atoms with Crippen LogP contribution in [0.5, 0.6) is 5.75 Å². The molecule has 3 rings (SSSR count). The molecule has 24 heavy (non-hydrogen) atoms. The van der Waals surface area contributed by atoms with Crippen LogP contribution in [0, 0.1) is 0 Å². The molecule has 1 heterocycles. The van der Waals surface area contributed by atoms with E-state index in [0.717, 1.165) is 17.7 Å². The monoisotopic (exact) mass is 326 g/mol. The van der Waals surface area contributed by atoms with E-state index in [0.29, 0.717) is 17.4 Å². The minimum absolute atomic E-state index is 0.484. The first-order valence-corrected chi connectivity index (χ1v) is 7.61. The quantitative estimate of drug-likeness (QED) is 0.753. The van der Waals surface area contributed by atoms with Crippen LogP contribution in [-0.4, -0.2) is 41.0 Å². The lowest BCUT2D eigenvalue weighted by Gasteiger charge is -2.09. The third-order valence-electron chi connectivity index (χ3n) is 3.52. The number of nitrogens with zero attached hydrogens (tertiary/aromatic N) is 3. The highest BCUT2D eigenvalue weighted by Gasteiger charge is 2.09. The summed E-state index contributed by atoms with van der Waals surface area (Å²) >= 11 is 0. The molecular weight excluding hydrogens is 307 g/mol. The van der Waals surface area contributed by atoms with E-state index < -0.39 is 6.86 Å². The summed E-state index contributed by atoms with van der Waals surface area (Å²) in [6, 6.07) is 15.2. The Morgan fingerprint density at radius 1 is 1.08 bits per heavy atom. The molecule has 0 aliphatic rings. The SMILES string of the molecule is CN(C)Cc1cccc(-c2n[nH]c(-c3ccc(OCF)cc3)n2)c1. The fourth-order valence-electron chi connectivity index (χ4n) is 2.47.